The minimum absolute atomic E-state index is 0.140. The van der Waals surface area contributed by atoms with Crippen LogP contribution >= 0.6 is 0 Å². The van der Waals surface area contributed by atoms with E-state index in [1.165, 1.54) is 0 Å². The summed E-state index contributed by atoms with van der Waals surface area (Å²) in [5.41, 5.74) is 10.1. The normalized spacial score (nSPS) is 12.9. The maximum Gasteiger partial charge on any atom is 0.417 e. The summed E-state index contributed by atoms with van der Waals surface area (Å²) in [4.78, 5) is 22.7. The number of oxazole rings is 1. The van der Waals surface area contributed by atoms with E-state index in [1.807, 2.05) is 25.1 Å². The lowest BCUT2D eigenvalue weighted by Gasteiger charge is -2.19. The van der Waals surface area contributed by atoms with Crippen molar-refractivity contribution in [2.24, 2.45) is 0 Å². The Morgan fingerprint density at radius 3 is 2.76 bits per heavy atom. The van der Waals surface area contributed by atoms with Gasteiger partial charge in [0.15, 0.2) is 17.1 Å². The van der Waals surface area contributed by atoms with Crippen LogP contribution in [0.4, 0.5) is 17.5 Å². The number of fused-ring (bicyclic) bond motifs is 2. The predicted octanol–water partition coefficient (Wildman–Crippen LogP) is 2.98. The molecule has 0 saturated heterocycles. The summed E-state index contributed by atoms with van der Waals surface area (Å²) >= 11 is 0. The average molecular weight is 391 g/mol. The number of nitrogen functional groups attached to an aromatic ring is 1. The van der Waals surface area contributed by atoms with Crippen LogP contribution in [0.15, 0.2) is 45.6 Å². The van der Waals surface area contributed by atoms with Crippen LogP contribution in [0, 0.1) is 6.92 Å². The molecule has 4 N–H and O–H groups in total. The van der Waals surface area contributed by atoms with Gasteiger partial charge in [0, 0.05) is 16.8 Å². The van der Waals surface area contributed by atoms with Gasteiger partial charge in [-0.25, -0.2) is 9.78 Å². The molecule has 0 bridgehead atoms. The van der Waals surface area contributed by atoms with Crippen molar-refractivity contribution in [1.82, 2.24) is 15.0 Å². The highest BCUT2D eigenvalue weighted by Gasteiger charge is 2.17. The molecule has 1 aliphatic heterocycles. The zero-order valence-electron chi connectivity index (χ0n) is 15.5. The van der Waals surface area contributed by atoms with Crippen LogP contribution in [-0.2, 0) is 0 Å². The summed E-state index contributed by atoms with van der Waals surface area (Å²) in [5, 5.41) is 3.24. The Morgan fingerprint density at radius 1 is 1.07 bits per heavy atom. The predicted molar refractivity (Wildman–Crippen MR) is 108 cm³/mol. The number of ether oxygens (including phenoxy) is 2. The first-order valence-electron chi connectivity index (χ1n) is 9.01. The van der Waals surface area contributed by atoms with Gasteiger partial charge in [-0.05, 0) is 43.3 Å². The highest BCUT2D eigenvalue weighted by molar-refractivity contribution is 5.80. The van der Waals surface area contributed by atoms with Gasteiger partial charge in [-0.1, -0.05) is 0 Å². The SMILES string of the molecule is Cc1c(Nc2ccc3oc(=O)[nH]c3c2)nc(N)nc1-c1ccc2c(c1)OCCO2. The Balaban J connectivity index is 1.54. The Hall–Kier alpha value is -4.01. The summed E-state index contributed by atoms with van der Waals surface area (Å²) in [6.07, 6.45) is 0. The second kappa shape index (κ2) is 6.55. The molecule has 5 rings (SSSR count). The standard InChI is InChI=1S/C20H17N5O4/c1-10-17(11-2-4-15-16(8-11)28-7-6-27-15)24-19(21)25-18(10)22-12-3-5-14-13(9-12)23-20(26)29-14/h2-5,8-9H,6-7H2,1H3,(H,23,26)(H3,21,22,24,25). The molecule has 146 valence electrons. The van der Waals surface area contributed by atoms with E-state index in [0.717, 1.165) is 16.8 Å². The summed E-state index contributed by atoms with van der Waals surface area (Å²) < 4.78 is 16.3. The van der Waals surface area contributed by atoms with Gasteiger partial charge in [-0.2, -0.15) is 4.98 Å². The number of hydrogen-bond donors (Lipinski definition) is 3. The van der Waals surface area contributed by atoms with E-state index in [4.69, 9.17) is 19.6 Å². The molecular formula is C20H17N5O4. The fourth-order valence-corrected chi connectivity index (χ4v) is 3.29. The van der Waals surface area contributed by atoms with Gasteiger partial charge in [-0.15, -0.1) is 0 Å². The first-order valence-corrected chi connectivity index (χ1v) is 9.01. The molecule has 9 heteroatoms. The zero-order chi connectivity index (χ0) is 20.0. The third kappa shape index (κ3) is 3.12. The molecule has 0 atom stereocenters. The van der Waals surface area contributed by atoms with E-state index in [1.54, 1.807) is 18.2 Å². The Labute approximate surface area is 164 Å². The molecule has 0 saturated carbocycles. The van der Waals surface area contributed by atoms with Crippen molar-refractivity contribution >= 4 is 28.6 Å². The Bertz CT molecular complexity index is 1290. The topological polar surface area (TPSA) is 128 Å². The molecule has 0 unspecified atom stereocenters. The molecule has 3 heterocycles. The maximum atomic E-state index is 11.4. The lowest BCUT2D eigenvalue weighted by molar-refractivity contribution is 0.171. The second-order valence-electron chi connectivity index (χ2n) is 6.61. The van der Waals surface area contributed by atoms with E-state index >= 15 is 0 Å². The van der Waals surface area contributed by atoms with E-state index in [-0.39, 0.29) is 5.95 Å². The van der Waals surface area contributed by atoms with E-state index < -0.39 is 5.76 Å². The number of benzene rings is 2. The van der Waals surface area contributed by atoms with Gasteiger partial charge >= 0.3 is 5.76 Å². The number of anilines is 3. The average Bonchev–Trinajstić information content (AvgIpc) is 3.09. The molecule has 2 aromatic carbocycles. The van der Waals surface area contributed by atoms with E-state index in [0.29, 0.717) is 47.3 Å². The smallest absolute Gasteiger partial charge is 0.417 e. The molecular weight excluding hydrogens is 374 g/mol. The van der Waals surface area contributed by atoms with Crippen LogP contribution < -0.4 is 26.3 Å². The molecule has 0 aliphatic carbocycles. The lowest BCUT2D eigenvalue weighted by atomic mass is 10.1. The number of aromatic amines is 1. The van der Waals surface area contributed by atoms with Crippen LogP contribution in [-0.4, -0.2) is 28.2 Å². The van der Waals surface area contributed by atoms with Crippen LogP contribution in [0.25, 0.3) is 22.4 Å². The van der Waals surface area contributed by atoms with Gasteiger partial charge in [0.05, 0.1) is 11.2 Å². The van der Waals surface area contributed by atoms with Gasteiger partial charge in [0.1, 0.15) is 19.0 Å². The zero-order valence-corrected chi connectivity index (χ0v) is 15.5. The fraction of sp³-hybridized carbons (Fsp3) is 0.150. The van der Waals surface area contributed by atoms with Gasteiger partial charge in [0.25, 0.3) is 0 Å². The Kier molecular flexibility index (Phi) is 3.87. The highest BCUT2D eigenvalue weighted by Crippen LogP contribution is 2.36. The number of nitrogens with zero attached hydrogens (tertiary/aromatic N) is 2. The number of H-pyrrole nitrogens is 1. The van der Waals surface area contributed by atoms with Crippen molar-refractivity contribution in [2.45, 2.75) is 6.92 Å². The van der Waals surface area contributed by atoms with Crippen LogP contribution in [0.5, 0.6) is 11.5 Å². The van der Waals surface area contributed by atoms with E-state index in [9.17, 15) is 4.79 Å². The van der Waals surface area contributed by atoms with Crippen molar-refractivity contribution in [3.63, 3.8) is 0 Å². The van der Waals surface area contributed by atoms with Crippen molar-refractivity contribution in [3.8, 4) is 22.8 Å². The molecule has 29 heavy (non-hydrogen) atoms. The number of rotatable bonds is 3. The molecule has 0 amide bonds. The van der Waals surface area contributed by atoms with Gasteiger partial charge in [0.2, 0.25) is 5.95 Å². The van der Waals surface area contributed by atoms with Crippen LogP contribution in [0.1, 0.15) is 5.56 Å². The molecule has 9 nitrogen and oxygen atoms in total. The number of nitrogens with one attached hydrogen (secondary N) is 2. The molecule has 0 fully saturated rings. The monoisotopic (exact) mass is 391 g/mol. The third-order valence-corrected chi connectivity index (χ3v) is 4.66. The molecule has 0 spiro atoms. The number of nitrogens with two attached hydrogens (primary N) is 1. The number of hydrogen-bond acceptors (Lipinski definition) is 8. The molecule has 0 radical (unpaired) electrons. The fourth-order valence-electron chi connectivity index (χ4n) is 3.29. The van der Waals surface area contributed by atoms with Crippen molar-refractivity contribution in [3.05, 3.63) is 52.5 Å². The first-order chi connectivity index (χ1) is 14.1. The number of aromatic nitrogens is 3. The van der Waals surface area contributed by atoms with Gasteiger partial charge < -0.3 is 24.9 Å². The highest BCUT2D eigenvalue weighted by atomic mass is 16.6. The van der Waals surface area contributed by atoms with E-state index in [2.05, 4.69) is 20.3 Å². The molecule has 4 aromatic rings. The summed E-state index contributed by atoms with van der Waals surface area (Å²) in [6.45, 7) is 2.95. The van der Waals surface area contributed by atoms with Crippen molar-refractivity contribution in [1.29, 1.82) is 0 Å². The minimum Gasteiger partial charge on any atom is -0.486 e. The summed E-state index contributed by atoms with van der Waals surface area (Å²) in [7, 11) is 0. The lowest BCUT2D eigenvalue weighted by Crippen LogP contribution is -2.15. The maximum absolute atomic E-state index is 11.4. The minimum atomic E-state index is -0.500. The summed E-state index contributed by atoms with van der Waals surface area (Å²) in [6, 6.07) is 10.9. The first kappa shape index (κ1) is 17.1. The second-order valence-corrected chi connectivity index (χ2v) is 6.61. The van der Waals surface area contributed by atoms with Crippen LogP contribution in [0.3, 0.4) is 0 Å². The quantitative estimate of drug-likeness (QED) is 0.486. The van der Waals surface area contributed by atoms with Crippen molar-refractivity contribution < 1.29 is 13.9 Å². The van der Waals surface area contributed by atoms with Crippen molar-refractivity contribution in [2.75, 3.05) is 24.3 Å². The Morgan fingerprint density at radius 2 is 1.90 bits per heavy atom. The van der Waals surface area contributed by atoms with Crippen LogP contribution in [0.2, 0.25) is 0 Å². The third-order valence-electron chi connectivity index (χ3n) is 4.66. The largest absolute Gasteiger partial charge is 0.486 e. The van der Waals surface area contributed by atoms with Gasteiger partial charge in [-0.3, -0.25) is 4.98 Å². The summed E-state index contributed by atoms with van der Waals surface area (Å²) in [5.74, 6) is 1.59. The molecule has 1 aliphatic rings. The molecule has 2 aromatic heterocycles.